The number of nitro benzene ring substituents is 1. The summed E-state index contributed by atoms with van der Waals surface area (Å²) in [6.07, 6.45) is 3.35. The summed E-state index contributed by atoms with van der Waals surface area (Å²) in [5, 5.41) is 17.2. The van der Waals surface area contributed by atoms with Gasteiger partial charge in [0.05, 0.1) is 4.92 Å². The Morgan fingerprint density at radius 3 is 2.48 bits per heavy atom. The van der Waals surface area contributed by atoms with Gasteiger partial charge in [-0.3, -0.25) is 10.1 Å². The standard InChI is InChI=1S/C18H27N3O4/c1-18(2,3)25-17(22)20-14-10-8-13(9-11-14)12-19-15-6-4-5-7-16(15)21(23)24/h4-7,13-14,19H,8-12H2,1-3H3,(H,20,22). The second-order valence-corrected chi connectivity index (χ2v) is 7.52. The van der Waals surface area contributed by atoms with Crippen molar-refractivity contribution in [1.82, 2.24) is 5.32 Å². The summed E-state index contributed by atoms with van der Waals surface area (Å²) in [5.74, 6) is 0.441. The number of alkyl carbamates (subject to hydrolysis) is 1. The average molecular weight is 349 g/mol. The van der Waals surface area contributed by atoms with Gasteiger partial charge in [0.15, 0.2) is 0 Å². The fourth-order valence-electron chi connectivity index (χ4n) is 3.02. The largest absolute Gasteiger partial charge is 0.444 e. The lowest BCUT2D eigenvalue weighted by atomic mass is 9.86. The Morgan fingerprint density at radius 2 is 1.88 bits per heavy atom. The van der Waals surface area contributed by atoms with Crippen molar-refractivity contribution >= 4 is 17.5 Å². The van der Waals surface area contributed by atoms with Crippen LogP contribution < -0.4 is 10.6 Å². The van der Waals surface area contributed by atoms with Crippen LogP contribution in [0.15, 0.2) is 24.3 Å². The van der Waals surface area contributed by atoms with Crippen LogP contribution in [0.1, 0.15) is 46.5 Å². The van der Waals surface area contributed by atoms with Gasteiger partial charge >= 0.3 is 6.09 Å². The van der Waals surface area contributed by atoms with Gasteiger partial charge in [0, 0.05) is 18.7 Å². The van der Waals surface area contributed by atoms with Gasteiger partial charge in [0.1, 0.15) is 11.3 Å². The third-order valence-corrected chi connectivity index (χ3v) is 4.25. The van der Waals surface area contributed by atoms with E-state index in [1.54, 1.807) is 18.2 Å². The summed E-state index contributed by atoms with van der Waals surface area (Å²) in [7, 11) is 0. The maximum Gasteiger partial charge on any atom is 0.407 e. The molecule has 1 fully saturated rings. The lowest BCUT2D eigenvalue weighted by Gasteiger charge is -2.30. The third kappa shape index (κ3) is 6.25. The van der Waals surface area contributed by atoms with Crippen LogP contribution in [0, 0.1) is 16.0 Å². The number of benzene rings is 1. The fraction of sp³-hybridized carbons (Fsp3) is 0.611. The molecule has 7 nitrogen and oxygen atoms in total. The van der Waals surface area contributed by atoms with E-state index in [1.165, 1.54) is 6.07 Å². The van der Waals surface area contributed by atoms with Crippen LogP contribution in [-0.4, -0.2) is 29.2 Å². The molecule has 0 bridgehead atoms. The van der Waals surface area contributed by atoms with E-state index in [2.05, 4.69) is 10.6 Å². The summed E-state index contributed by atoms with van der Waals surface area (Å²) in [5.41, 5.74) is 0.166. The number of ether oxygens (including phenoxy) is 1. The lowest BCUT2D eigenvalue weighted by Crippen LogP contribution is -2.41. The molecule has 0 saturated heterocycles. The predicted molar refractivity (Wildman–Crippen MR) is 96.7 cm³/mol. The van der Waals surface area contributed by atoms with Crippen molar-refractivity contribution in [2.24, 2.45) is 5.92 Å². The molecule has 2 rings (SSSR count). The molecule has 1 amide bonds. The van der Waals surface area contributed by atoms with E-state index in [9.17, 15) is 14.9 Å². The van der Waals surface area contributed by atoms with Crippen molar-refractivity contribution in [3.63, 3.8) is 0 Å². The molecular formula is C18H27N3O4. The van der Waals surface area contributed by atoms with Crippen LogP contribution in [0.3, 0.4) is 0 Å². The molecule has 25 heavy (non-hydrogen) atoms. The highest BCUT2D eigenvalue weighted by Gasteiger charge is 2.25. The lowest BCUT2D eigenvalue weighted by molar-refractivity contribution is -0.384. The number of nitro groups is 1. The number of rotatable bonds is 5. The first-order chi connectivity index (χ1) is 11.7. The van der Waals surface area contributed by atoms with E-state index in [4.69, 9.17) is 4.74 Å². The number of nitrogens with one attached hydrogen (secondary N) is 2. The van der Waals surface area contributed by atoms with Crippen molar-refractivity contribution < 1.29 is 14.5 Å². The zero-order chi connectivity index (χ0) is 18.4. The molecule has 0 atom stereocenters. The van der Waals surface area contributed by atoms with Crippen molar-refractivity contribution in [2.75, 3.05) is 11.9 Å². The van der Waals surface area contributed by atoms with Crippen molar-refractivity contribution in [1.29, 1.82) is 0 Å². The molecule has 0 aromatic heterocycles. The normalized spacial score (nSPS) is 20.6. The molecule has 0 spiro atoms. The summed E-state index contributed by atoms with van der Waals surface area (Å²) in [6.45, 7) is 6.23. The second kappa shape index (κ2) is 8.18. The highest BCUT2D eigenvalue weighted by molar-refractivity contribution is 5.68. The minimum atomic E-state index is -0.490. The minimum Gasteiger partial charge on any atom is -0.444 e. The number of carbonyl (C=O) groups is 1. The average Bonchev–Trinajstić information content (AvgIpc) is 2.52. The fourth-order valence-corrected chi connectivity index (χ4v) is 3.02. The first-order valence-corrected chi connectivity index (χ1v) is 8.71. The molecule has 1 aliphatic rings. The summed E-state index contributed by atoms with van der Waals surface area (Å²) < 4.78 is 5.28. The molecular weight excluding hydrogens is 322 g/mol. The Morgan fingerprint density at radius 1 is 1.24 bits per heavy atom. The van der Waals surface area contributed by atoms with Gasteiger partial charge in [-0.1, -0.05) is 12.1 Å². The number of hydrogen-bond acceptors (Lipinski definition) is 5. The molecule has 1 aromatic rings. The minimum absolute atomic E-state index is 0.0998. The third-order valence-electron chi connectivity index (χ3n) is 4.25. The summed E-state index contributed by atoms with van der Waals surface area (Å²) in [4.78, 5) is 22.5. The molecule has 2 N–H and O–H groups in total. The number of carbonyl (C=O) groups excluding carboxylic acids is 1. The number of para-hydroxylation sites is 2. The Balaban J connectivity index is 1.76. The highest BCUT2D eigenvalue weighted by Crippen LogP contribution is 2.27. The number of amides is 1. The molecule has 0 unspecified atom stereocenters. The van der Waals surface area contributed by atoms with E-state index in [0.29, 0.717) is 18.2 Å². The number of hydrogen-bond donors (Lipinski definition) is 2. The first kappa shape index (κ1) is 19.0. The van der Waals surface area contributed by atoms with Crippen LogP contribution >= 0.6 is 0 Å². The van der Waals surface area contributed by atoms with Gasteiger partial charge in [0.25, 0.3) is 5.69 Å². The van der Waals surface area contributed by atoms with E-state index >= 15 is 0 Å². The molecule has 138 valence electrons. The molecule has 0 radical (unpaired) electrons. The Bertz CT molecular complexity index is 605. The van der Waals surface area contributed by atoms with E-state index < -0.39 is 5.60 Å². The van der Waals surface area contributed by atoms with Gasteiger partial charge in [-0.15, -0.1) is 0 Å². The van der Waals surface area contributed by atoms with Crippen molar-refractivity contribution in [2.45, 2.75) is 58.1 Å². The van der Waals surface area contributed by atoms with E-state index in [0.717, 1.165) is 25.7 Å². The SMILES string of the molecule is CC(C)(C)OC(=O)NC1CCC(CNc2ccccc2[N+](=O)[O-])CC1. The topological polar surface area (TPSA) is 93.5 Å². The van der Waals surface area contributed by atoms with Gasteiger partial charge < -0.3 is 15.4 Å². The van der Waals surface area contributed by atoms with Crippen LogP contribution in [0.2, 0.25) is 0 Å². The van der Waals surface area contributed by atoms with Crippen LogP contribution in [0.25, 0.3) is 0 Å². The monoisotopic (exact) mass is 349 g/mol. The molecule has 0 heterocycles. The Labute approximate surface area is 148 Å². The quantitative estimate of drug-likeness (QED) is 0.617. The summed E-state index contributed by atoms with van der Waals surface area (Å²) in [6, 6.07) is 6.82. The number of anilines is 1. The van der Waals surface area contributed by atoms with Crippen LogP contribution in [0.4, 0.5) is 16.2 Å². The van der Waals surface area contributed by atoms with Crippen molar-refractivity contribution in [3.05, 3.63) is 34.4 Å². The molecule has 7 heteroatoms. The maximum atomic E-state index is 11.8. The van der Waals surface area contributed by atoms with Gasteiger partial charge in [0.2, 0.25) is 0 Å². The summed E-state index contributed by atoms with van der Waals surface area (Å²) >= 11 is 0. The number of nitrogens with zero attached hydrogens (tertiary/aromatic N) is 1. The zero-order valence-corrected chi connectivity index (χ0v) is 15.1. The molecule has 1 aromatic carbocycles. The van der Waals surface area contributed by atoms with E-state index in [1.807, 2.05) is 20.8 Å². The Kier molecular flexibility index (Phi) is 6.22. The highest BCUT2D eigenvalue weighted by atomic mass is 16.6. The van der Waals surface area contributed by atoms with Gasteiger partial charge in [-0.05, 0) is 58.4 Å². The van der Waals surface area contributed by atoms with Gasteiger partial charge in [-0.2, -0.15) is 0 Å². The molecule has 1 saturated carbocycles. The second-order valence-electron chi connectivity index (χ2n) is 7.52. The van der Waals surface area contributed by atoms with Crippen LogP contribution in [0.5, 0.6) is 0 Å². The van der Waals surface area contributed by atoms with Gasteiger partial charge in [-0.25, -0.2) is 4.79 Å². The first-order valence-electron chi connectivity index (χ1n) is 8.71. The molecule has 0 aliphatic heterocycles. The molecule has 1 aliphatic carbocycles. The zero-order valence-electron chi connectivity index (χ0n) is 15.1. The predicted octanol–water partition coefficient (Wildman–Crippen LogP) is 4.09. The maximum absolute atomic E-state index is 11.8. The smallest absolute Gasteiger partial charge is 0.407 e. The van der Waals surface area contributed by atoms with Crippen LogP contribution in [-0.2, 0) is 4.74 Å². The van der Waals surface area contributed by atoms with Crippen molar-refractivity contribution in [3.8, 4) is 0 Å². The Hall–Kier alpha value is -2.31. The van der Waals surface area contributed by atoms with E-state index in [-0.39, 0.29) is 22.7 Å².